The smallest absolute Gasteiger partial charge is 0.259 e. The number of nitrogens with zero attached hydrogens (tertiary/aromatic N) is 2. The van der Waals surface area contributed by atoms with Gasteiger partial charge in [0.25, 0.3) is 5.91 Å². The Bertz CT molecular complexity index is 859. The van der Waals surface area contributed by atoms with Gasteiger partial charge in [0.2, 0.25) is 0 Å². The van der Waals surface area contributed by atoms with E-state index in [1.54, 1.807) is 25.3 Å². The standard InChI is InChI=1S/C29H50N2O6Si/c1-10-11-12-13-16-35-26-14-15-30-25(17-26)18-29(36-21-34-9)27(31(20-33-8)28(29)32)19-37-38(22(2)3,23(4)5)24(6)7/h10,14-15,17,22-24,27H,1,11-13,16,18-21H2,2-9H3/t27-,29+/m0/s1. The lowest BCUT2D eigenvalue weighted by Crippen LogP contribution is -2.78. The summed E-state index contributed by atoms with van der Waals surface area (Å²) in [6.07, 6.45) is 6.88. The van der Waals surface area contributed by atoms with Crippen LogP contribution in [0.4, 0.5) is 0 Å². The summed E-state index contributed by atoms with van der Waals surface area (Å²) in [6, 6.07) is 3.40. The number of hydrogen-bond acceptors (Lipinski definition) is 7. The topological polar surface area (TPSA) is 79.4 Å². The molecule has 8 nitrogen and oxygen atoms in total. The van der Waals surface area contributed by atoms with E-state index in [1.807, 2.05) is 18.2 Å². The van der Waals surface area contributed by atoms with Crippen molar-refractivity contribution in [1.29, 1.82) is 0 Å². The van der Waals surface area contributed by atoms with Crippen LogP contribution >= 0.6 is 0 Å². The fraction of sp³-hybridized carbons (Fsp3) is 0.724. The average Bonchev–Trinajstić information content (AvgIpc) is 2.87. The molecule has 0 saturated carbocycles. The van der Waals surface area contributed by atoms with Crippen molar-refractivity contribution in [2.75, 3.05) is 41.0 Å². The Labute approximate surface area is 231 Å². The maximum atomic E-state index is 13.6. The zero-order valence-corrected chi connectivity index (χ0v) is 25.8. The molecule has 2 rings (SSSR count). The van der Waals surface area contributed by atoms with Crippen LogP contribution in [0.1, 0.15) is 66.5 Å². The summed E-state index contributed by atoms with van der Waals surface area (Å²) in [6.45, 7) is 18.5. The van der Waals surface area contributed by atoms with Crippen LogP contribution < -0.4 is 4.74 Å². The van der Waals surface area contributed by atoms with Gasteiger partial charge in [0.05, 0.1) is 19.3 Å². The number of carbonyl (C=O) groups is 1. The van der Waals surface area contributed by atoms with Gasteiger partial charge in [-0.05, 0) is 42.0 Å². The molecule has 9 heteroatoms. The molecular weight excluding hydrogens is 500 g/mol. The van der Waals surface area contributed by atoms with Gasteiger partial charge in [-0.25, -0.2) is 0 Å². The molecule has 38 heavy (non-hydrogen) atoms. The number of unbranched alkanes of at least 4 members (excludes halogenated alkanes) is 2. The molecular formula is C29H50N2O6Si. The summed E-state index contributed by atoms with van der Waals surface area (Å²) < 4.78 is 29.8. The number of aromatic nitrogens is 1. The summed E-state index contributed by atoms with van der Waals surface area (Å²) >= 11 is 0. The number of rotatable bonds is 19. The third kappa shape index (κ3) is 7.24. The van der Waals surface area contributed by atoms with Crippen molar-refractivity contribution in [3.8, 4) is 5.75 Å². The van der Waals surface area contributed by atoms with Gasteiger partial charge in [-0.3, -0.25) is 9.78 Å². The van der Waals surface area contributed by atoms with Crippen LogP contribution in [0.25, 0.3) is 0 Å². The Morgan fingerprint density at radius 3 is 2.37 bits per heavy atom. The van der Waals surface area contributed by atoms with Crippen LogP contribution in [0.5, 0.6) is 5.75 Å². The van der Waals surface area contributed by atoms with E-state index in [9.17, 15) is 4.79 Å². The Morgan fingerprint density at radius 2 is 1.79 bits per heavy atom. The Hall–Kier alpha value is -1.78. The second kappa shape index (κ2) is 15.1. The van der Waals surface area contributed by atoms with Crippen molar-refractivity contribution in [3.05, 3.63) is 36.7 Å². The van der Waals surface area contributed by atoms with E-state index in [4.69, 9.17) is 23.4 Å². The number of allylic oxidation sites excluding steroid dienone is 1. The number of carbonyl (C=O) groups excluding carboxylic acids is 1. The first-order valence-corrected chi connectivity index (χ1v) is 16.0. The molecule has 2 heterocycles. The number of pyridine rings is 1. The molecule has 0 bridgehead atoms. The van der Waals surface area contributed by atoms with Crippen molar-refractivity contribution in [1.82, 2.24) is 9.88 Å². The summed E-state index contributed by atoms with van der Waals surface area (Å²) in [5.41, 5.74) is 0.830. The van der Waals surface area contributed by atoms with Gasteiger partial charge < -0.3 is 28.3 Å². The lowest BCUT2D eigenvalue weighted by atomic mass is 9.79. The highest BCUT2D eigenvalue weighted by Gasteiger charge is 2.63. The quantitative estimate of drug-likeness (QED) is 0.0716. The summed E-state index contributed by atoms with van der Waals surface area (Å²) in [5, 5.41) is 0. The molecule has 1 aliphatic heterocycles. The molecule has 1 amide bonds. The van der Waals surface area contributed by atoms with Crippen LogP contribution in [-0.4, -0.2) is 76.7 Å². The molecule has 1 saturated heterocycles. The first kappa shape index (κ1) is 32.4. The molecule has 1 aliphatic rings. The van der Waals surface area contributed by atoms with E-state index in [0.29, 0.717) is 29.8 Å². The third-order valence-electron chi connectivity index (χ3n) is 7.74. The molecule has 216 valence electrons. The first-order valence-electron chi connectivity index (χ1n) is 13.9. The van der Waals surface area contributed by atoms with Crippen molar-refractivity contribution in [2.24, 2.45) is 0 Å². The minimum atomic E-state index is -2.17. The molecule has 1 aromatic heterocycles. The molecule has 0 spiro atoms. The van der Waals surface area contributed by atoms with Crippen LogP contribution in [0, 0.1) is 0 Å². The van der Waals surface area contributed by atoms with Gasteiger partial charge in [0.1, 0.15) is 19.3 Å². The number of amides is 1. The number of methoxy groups -OCH3 is 2. The van der Waals surface area contributed by atoms with Gasteiger partial charge >= 0.3 is 0 Å². The van der Waals surface area contributed by atoms with Crippen LogP contribution in [0.3, 0.4) is 0 Å². The van der Waals surface area contributed by atoms with Crippen LogP contribution in [0.15, 0.2) is 31.0 Å². The number of hydrogen-bond donors (Lipinski definition) is 0. The van der Waals surface area contributed by atoms with Gasteiger partial charge in [0.15, 0.2) is 13.9 Å². The second-order valence-corrected chi connectivity index (χ2v) is 16.5. The van der Waals surface area contributed by atoms with Gasteiger partial charge in [-0.15, -0.1) is 6.58 Å². The first-order chi connectivity index (χ1) is 18.1. The lowest BCUT2D eigenvalue weighted by Gasteiger charge is -2.56. The van der Waals surface area contributed by atoms with Crippen LogP contribution in [-0.2, 0) is 29.9 Å². The zero-order chi connectivity index (χ0) is 28.3. The maximum Gasteiger partial charge on any atom is 0.259 e. The predicted molar refractivity (Wildman–Crippen MR) is 153 cm³/mol. The van der Waals surface area contributed by atoms with Crippen molar-refractivity contribution >= 4 is 14.2 Å². The van der Waals surface area contributed by atoms with Gasteiger partial charge in [0, 0.05) is 38.6 Å². The van der Waals surface area contributed by atoms with E-state index < -0.39 is 13.9 Å². The van der Waals surface area contributed by atoms with Gasteiger partial charge in [-0.2, -0.15) is 0 Å². The summed E-state index contributed by atoms with van der Waals surface area (Å²) in [7, 11) is 0.975. The van der Waals surface area contributed by atoms with E-state index in [1.165, 1.54) is 0 Å². The van der Waals surface area contributed by atoms with E-state index in [2.05, 4.69) is 53.1 Å². The van der Waals surface area contributed by atoms with E-state index in [-0.39, 0.29) is 31.9 Å². The van der Waals surface area contributed by atoms with Crippen LogP contribution in [0.2, 0.25) is 16.6 Å². The third-order valence-corrected chi connectivity index (χ3v) is 13.8. The second-order valence-electron chi connectivity index (χ2n) is 11.1. The number of likely N-dealkylation sites (tertiary alicyclic amines) is 1. The number of β-lactam (4-membered cyclic amide) rings is 1. The highest BCUT2D eigenvalue weighted by atomic mass is 28.4. The minimum absolute atomic E-state index is 0.0102. The Balaban J connectivity index is 2.33. The molecule has 0 N–H and O–H groups in total. The van der Waals surface area contributed by atoms with Gasteiger partial charge in [-0.1, -0.05) is 47.6 Å². The SMILES string of the molecule is C=CCCCCOc1ccnc(C[C@]2(OCOC)C(=O)N(COC)[C@H]2CO[Si](C(C)C)(C(C)C)C(C)C)c1. The lowest BCUT2D eigenvalue weighted by molar-refractivity contribution is -0.237. The fourth-order valence-corrected chi connectivity index (χ4v) is 11.5. The maximum absolute atomic E-state index is 13.6. The molecule has 0 aliphatic carbocycles. The molecule has 2 atom stereocenters. The summed E-state index contributed by atoms with van der Waals surface area (Å²) in [5.74, 6) is 0.586. The normalized spacial score (nSPS) is 19.9. The monoisotopic (exact) mass is 550 g/mol. The highest BCUT2D eigenvalue weighted by molar-refractivity contribution is 6.77. The highest BCUT2D eigenvalue weighted by Crippen LogP contribution is 2.44. The molecule has 0 aromatic carbocycles. The Morgan fingerprint density at radius 1 is 1.11 bits per heavy atom. The minimum Gasteiger partial charge on any atom is -0.493 e. The largest absolute Gasteiger partial charge is 0.493 e. The van der Waals surface area contributed by atoms with E-state index >= 15 is 0 Å². The van der Waals surface area contributed by atoms with Crippen molar-refractivity contribution in [3.63, 3.8) is 0 Å². The predicted octanol–water partition coefficient (Wildman–Crippen LogP) is 5.73. The van der Waals surface area contributed by atoms with E-state index in [0.717, 1.165) is 30.7 Å². The molecule has 0 unspecified atom stereocenters. The average molecular weight is 551 g/mol. The summed E-state index contributed by atoms with van der Waals surface area (Å²) in [4.78, 5) is 19.9. The molecule has 1 aromatic rings. The zero-order valence-electron chi connectivity index (χ0n) is 24.8. The fourth-order valence-electron chi connectivity index (χ4n) is 6.01. The molecule has 1 fully saturated rings. The van der Waals surface area contributed by atoms with Crippen molar-refractivity contribution < 1.29 is 28.2 Å². The Kier molecular flexibility index (Phi) is 12.9. The van der Waals surface area contributed by atoms with Crippen molar-refractivity contribution in [2.45, 2.75) is 95.5 Å². The molecule has 0 radical (unpaired) electrons. The number of ether oxygens (including phenoxy) is 4.